The van der Waals surface area contributed by atoms with Crippen molar-refractivity contribution in [3.05, 3.63) is 63.7 Å². The maximum Gasteiger partial charge on any atom is 0.310 e. The smallest absolute Gasteiger partial charge is 0.310 e. The molecular formula is C22H29N3O6. The number of carbonyl (C=O) groups excluding carboxylic acids is 3. The highest BCUT2D eigenvalue weighted by molar-refractivity contribution is 5.92. The van der Waals surface area contributed by atoms with Gasteiger partial charge >= 0.3 is 11.9 Å². The maximum atomic E-state index is 10.9. The van der Waals surface area contributed by atoms with E-state index in [0.717, 1.165) is 17.7 Å². The number of aryl methyl sites for hydroxylation is 2. The molecule has 9 heteroatoms. The Labute approximate surface area is 181 Å². The zero-order chi connectivity index (χ0) is 24.0. The Hall–Kier alpha value is -3.75. The third-order valence-corrected chi connectivity index (χ3v) is 3.73. The van der Waals surface area contributed by atoms with Crippen molar-refractivity contribution in [3.63, 3.8) is 0 Å². The van der Waals surface area contributed by atoms with Crippen LogP contribution in [0.15, 0.2) is 42.5 Å². The fraction of sp³-hybridized carbons (Fsp3) is 0.318. The summed E-state index contributed by atoms with van der Waals surface area (Å²) in [6.45, 7) is 7.68. The van der Waals surface area contributed by atoms with Gasteiger partial charge in [-0.2, -0.15) is 0 Å². The average Bonchev–Trinajstić information content (AvgIpc) is 2.68. The second-order valence-corrected chi connectivity index (χ2v) is 6.24. The molecule has 0 radical (unpaired) electrons. The molecule has 2 aromatic rings. The van der Waals surface area contributed by atoms with Gasteiger partial charge in [0.05, 0.1) is 4.92 Å². The summed E-state index contributed by atoms with van der Waals surface area (Å²) in [4.78, 5) is 40.8. The molecule has 168 valence electrons. The van der Waals surface area contributed by atoms with Crippen LogP contribution in [-0.2, 0) is 32.0 Å². The van der Waals surface area contributed by atoms with E-state index in [1.807, 2.05) is 25.1 Å². The van der Waals surface area contributed by atoms with Gasteiger partial charge in [0, 0.05) is 32.5 Å². The van der Waals surface area contributed by atoms with E-state index in [4.69, 9.17) is 5.73 Å². The lowest BCUT2D eigenvalue weighted by molar-refractivity contribution is -0.384. The van der Waals surface area contributed by atoms with E-state index in [1.54, 1.807) is 12.1 Å². The monoisotopic (exact) mass is 431 g/mol. The lowest BCUT2D eigenvalue weighted by Gasteiger charge is -2.08. The van der Waals surface area contributed by atoms with Crippen LogP contribution >= 0.6 is 0 Å². The molecule has 31 heavy (non-hydrogen) atoms. The molecule has 9 nitrogen and oxygen atoms in total. The number of hydrogen-bond acceptors (Lipinski definition) is 7. The van der Waals surface area contributed by atoms with E-state index in [0.29, 0.717) is 12.1 Å². The van der Waals surface area contributed by atoms with Crippen LogP contribution < -0.4 is 11.1 Å². The highest BCUT2D eigenvalue weighted by Crippen LogP contribution is 2.28. The number of nitrogens with two attached hydrogens (primary N) is 1. The highest BCUT2D eigenvalue weighted by atomic mass is 16.6. The molecule has 0 spiro atoms. The van der Waals surface area contributed by atoms with E-state index in [-0.39, 0.29) is 11.6 Å². The van der Waals surface area contributed by atoms with E-state index in [2.05, 4.69) is 23.0 Å². The average molecular weight is 431 g/mol. The summed E-state index contributed by atoms with van der Waals surface area (Å²) in [5, 5.41) is 13.2. The number of nitro groups is 1. The van der Waals surface area contributed by atoms with Crippen LogP contribution in [0.2, 0.25) is 0 Å². The van der Waals surface area contributed by atoms with Gasteiger partial charge in [0.15, 0.2) is 0 Å². The molecule has 0 atom stereocenters. The second-order valence-electron chi connectivity index (χ2n) is 6.24. The predicted molar refractivity (Wildman–Crippen MR) is 119 cm³/mol. The molecule has 0 saturated heterocycles. The van der Waals surface area contributed by atoms with E-state index < -0.39 is 16.9 Å². The number of nitrogen functional groups attached to an aromatic ring is 1. The summed E-state index contributed by atoms with van der Waals surface area (Å²) < 4.78 is 3.97. The molecule has 0 heterocycles. The van der Waals surface area contributed by atoms with Crippen LogP contribution in [0.4, 0.5) is 17.1 Å². The number of hydrogen-bond donors (Lipinski definition) is 2. The van der Waals surface area contributed by atoms with Crippen molar-refractivity contribution in [2.45, 2.75) is 47.5 Å². The fourth-order valence-corrected chi connectivity index (χ4v) is 2.41. The number of ether oxygens (including phenoxy) is 1. The third kappa shape index (κ3) is 11.1. The van der Waals surface area contributed by atoms with Crippen LogP contribution in [0.1, 0.15) is 45.7 Å². The third-order valence-electron chi connectivity index (χ3n) is 3.73. The van der Waals surface area contributed by atoms with Crippen LogP contribution in [0.25, 0.3) is 0 Å². The first-order valence-corrected chi connectivity index (χ1v) is 9.59. The Morgan fingerprint density at radius 1 is 0.935 bits per heavy atom. The number of benzene rings is 2. The number of para-hydroxylation sites is 2. The highest BCUT2D eigenvalue weighted by Gasteiger charge is 2.17. The molecular weight excluding hydrogens is 402 g/mol. The van der Waals surface area contributed by atoms with E-state index in [9.17, 15) is 24.5 Å². The number of anilines is 2. The molecule has 3 N–H and O–H groups in total. The summed E-state index contributed by atoms with van der Waals surface area (Å²) in [5.41, 5.74) is 8.77. The topological polar surface area (TPSA) is 142 Å². The van der Waals surface area contributed by atoms with Crippen molar-refractivity contribution in [2.75, 3.05) is 11.1 Å². The predicted octanol–water partition coefficient (Wildman–Crippen LogP) is 4.04. The van der Waals surface area contributed by atoms with Crippen LogP contribution in [0.3, 0.4) is 0 Å². The zero-order valence-electron chi connectivity index (χ0n) is 18.4. The maximum absolute atomic E-state index is 10.9. The number of nitrogens with one attached hydrogen (secondary N) is 1. The fourth-order valence-electron chi connectivity index (χ4n) is 2.41. The molecule has 2 rings (SSSR count). The Balaban J connectivity index is 0.000000479. The number of rotatable bonds is 4. The number of esters is 2. The summed E-state index contributed by atoms with van der Waals surface area (Å²) in [6.07, 6.45) is 1.66. The van der Waals surface area contributed by atoms with Gasteiger partial charge in [0.2, 0.25) is 5.91 Å². The zero-order valence-corrected chi connectivity index (χ0v) is 18.4. The Morgan fingerprint density at radius 3 is 1.81 bits per heavy atom. The van der Waals surface area contributed by atoms with Gasteiger partial charge in [-0.25, -0.2) is 0 Å². The largest absolute Gasteiger partial charge is 0.399 e. The first kappa shape index (κ1) is 27.2. The summed E-state index contributed by atoms with van der Waals surface area (Å²) in [7, 11) is 0. The van der Waals surface area contributed by atoms with Crippen molar-refractivity contribution in [1.82, 2.24) is 0 Å². The van der Waals surface area contributed by atoms with Gasteiger partial charge in [-0.15, -0.1) is 0 Å². The van der Waals surface area contributed by atoms with Gasteiger partial charge in [-0.1, -0.05) is 44.2 Å². The standard InChI is InChI=1S/C10H12N2O3.C8H11N.C4H6O3/c1-3-8-5-4-6-9(12(14)15)10(8)11-7(2)13;1-2-7-5-3-4-6-8(7)9;1-3(5)7-4(2)6/h4-6H,3H2,1-2H3,(H,11,13);3-6H,2,9H2,1H3;1-2H3. The molecule has 2 aromatic carbocycles. The SMILES string of the molecule is CC(=O)OC(C)=O.CCc1cccc([N+](=O)[O-])c1NC(C)=O.CCc1ccccc1N. The molecule has 0 fully saturated rings. The Kier molecular flexibility index (Phi) is 12.5. The van der Waals surface area contributed by atoms with E-state index >= 15 is 0 Å². The van der Waals surface area contributed by atoms with Crippen molar-refractivity contribution in [1.29, 1.82) is 0 Å². The van der Waals surface area contributed by atoms with Crippen molar-refractivity contribution >= 4 is 34.9 Å². The van der Waals surface area contributed by atoms with Crippen LogP contribution in [-0.4, -0.2) is 22.8 Å². The minimum absolute atomic E-state index is 0.0652. The van der Waals surface area contributed by atoms with Crippen molar-refractivity contribution in [3.8, 4) is 0 Å². The van der Waals surface area contributed by atoms with Gasteiger partial charge in [0.1, 0.15) is 5.69 Å². The van der Waals surface area contributed by atoms with E-state index in [1.165, 1.54) is 32.4 Å². The summed E-state index contributed by atoms with van der Waals surface area (Å²) in [6, 6.07) is 12.7. The van der Waals surface area contributed by atoms with Crippen LogP contribution in [0.5, 0.6) is 0 Å². The number of nitrogens with zero attached hydrogens (tertiary/aromatic N) is 1. The molecule has 0 aromatic heterocycles. The normalized spacial score (nSPS) is 9.19. The second kappa shape index (κ2) is 14.3. The molecule has 0 bridgehead atoms. The first-order valence-electron chi connectivity index (χ1n) is 9.59. The van der Waals surface area contributed by atoms with Gasteiger partial charge in [0.25, 0.3) is 5.69 Å². The summed E-state index contributed by atoms with van der Waals surface area (Å²) >= 11 is 0. The molecule has 0 saturated carbocycles. The lowest BCUT2D eigenvalue weighted by atomic mass is 10.1. The lowest BCUT2D eigenvalue weighted by Crippen LogP contribution is -2.10. The molecule has 0 aliphatic heterocycles. The van der Waals surface area contributed by atoms with Crippen molar-refractivity contribution < 1.29 is 24.0 Å². The minimum atomic E-state index is -0.562. The number of nitro benzene ring substituents is 1. The van der Waals surface area contributed by atoms with Crippen molar-refractivity contribution in [2.24, 2.45) is 0 Å². The minimum Gasteiger partial charge on any atom is -0.399 e. The molecule has 1 amide bonds. The molecule has 0 aliphatic rings. The van der Waals surface area contributed by atoms with Gasteiger partial charge in [-0.05, 0) is 30.0 Å². The Bertz CT molecular complexity index is 900. The number of carbonyl (C=O) groups is 3. The first-order chi connectivity index (χ1) is 14.5. The quantitative estimate of drug-likeness (QED) is 0.244. The van der Waals surface area contributed by atoms with Gasteiger partial charge in [-0.3, -0.25) is 24.5 Å². The molecule has 0 unspecified atom stereocenters. The molecule has 0 aliphatic carbocycles. The Morgan fingerprint density at radius 2 is 1.45 bits per heavy atom. The van der Waals surface area contributed by atoms with Crippen LogP contribution in [0, 0.1) is 10.1 Å². The summed E-state index contributed by atoms with van der Waals surface area (Å²) in [5.74, 6) is -1.43. The number of amides is 1. The van der Waals surface area contributed by atoms with Gasteiger partial charge < -0.3 is 15.8 Å².